The molecular formula is C12H17N3O4S. The van der Waals surface area contributed by atoms with Crippen LogP contribution in [0.4, 0.5) is 11.4 Å². The van der Waals surface area contributed by atoms with Crippen LogP contribution in [0.3, 0.4) is 0 Å². The summed E-state index contributed by atoms with van der Waals surface area (Å²) in [7, 11) is -3.79. The standard InChI is InChI=1S/C12H17N3O4S/c1-2-14(8-9-3-4-9)20(18,19)12-7-10(15(16)17)5-6-11(12)13/h5-7,9H,2-4,8,13H2,1H3. The van der Waals surface area contributed by atoms with Crippen LogP contribution >= 0.6 is 0 Å². The molecule has 1 fully saturated rings. The first-order valence-corrected chi connectivity index (χ1v) is 7.84. The topological polar surface area (TPSA) is 107 Å². The number of nitro groups is 1. The molecule has 0 saturated heterocycles. The number of nitrogens with two attached hydrogens (primary N) is 1. The Morgan fingerprint density at radius 3 is 2.60 bits per heavy atom. The number of sulfonamides is 1. The first kappa shape index (κ1) is 14.7. The Bertz CT molecular complexity index is 626. The largest absolute Gasteiger partial charge is 0.398 e. The van der Waals surface area contributed by atoms with E-state index in [2.05, 4.69) is 0 Å². The van der Waals surface area contributed by atoms with Crippen molar-refractivity contribution < 1.29 is 13.3 Å². The minimum atomic E-state index is -3.79. The van der Waals surface area contributed by atoms with E-state index in [1.54, 1.807) is 6.92 Å². The minimum Gasteiger partial charge on any atom is -0.398 e. The molecule has 7 nitrogen and oxygen atoms in total. The summed E-state index contributed by atoms with van der Waals surface area (Å²) >= 11 is 0. The lowest BCUT2D eigenvalue weighted by Crippen LogP contribution is -2.33. The second-order valence-electron chi connectivity index (χ2n) is 4.88. The van der Waals surface area contributed by atoms with Crippen LogP contribution in [-0.2, 0) is 10.0 Å². The number of anilines is 1. The minimum absolute atomic E-state index is 0.0323. The van der Waals surface area contributed by atoms with Gasteiger partial charge >= 0.3 is 0 Å². The lowest BCUT2D eigenvalue weighted by Gasteiger charge is -2.21. The average Bonchev–Trinajstić information content (AvgIpc) is 3.19. The van der Waals surface area contributed by atoms with Crippen LogP contribution < -0.4 is 5.73 Å². The molecule has 1 aromatic carbocycles. The highest BCUT2D eigenvalue weighted by atomic mass is 32.2. The van der Waals surface area contributed by atoms with Crippen LogP contribution in [0.5, 0.6) is 0 Å². The number of hydrogen-bond acceptors (Lipinski definition) is 5. The van der Waals surface area contributed by atoms with Crippen molar-refractivity contribution >= 4 is 21.4 Å². The maximum absolute atomic E-state index is 12.5. The zero-order chi connectivity index (χ0) is 14.9. The highest BCUT2D eigenvalue weighted by molar-refractivity contribution is 7.89. The van der Waals surface area contributed by atoms with Crippen molar-refractivity contribution in [2.45, 2.75) is 24.7 Å². The third-order valence-electron chi connectivity index (χ3n) is 3.34. The van der Waals surface area contributed by atoms with Gasteiger partial charge in [0.25, 0.3) is 5.69 Å². The first-order chi connectivity index (χ1) is 9.36. The van der Waals surface area contributed by atoms with E-state index in [1.807, 2.05) is 0 Å². The number of benzene rings is 1. The molecule has 1 aliphatic carbocycles. The van der Waals surface area contributed by atoms with Crippen LogP contribution in [0, 0.1) is 16.0 Å². The van der Waals surface area contributed by atoms with Crippen molar-refractivity contribution in [3.8, 4) is 0 Å². The lowest BCUT2D eigenvalue weighted by atomic mass is 10.3. The van der Waals surface area contributed by atoms with Crippen molar-refractivity contribution in [2.24, 2.45) is 5.92 Å². The number of nitrogens with zero attached hydrogens (tertiary/aromatic N) is 2. The summed E-state index contributed by atoms with van der Waals surface area (Å²) in [6, 6.07) is 3.49. The van der Waals surface area contributed by atoms with Gasteiger partial charge in [0.2, 0.25) is 10.0 Å². The van der Waals surface area contributed by atoms with Gasteiger partial charge in [-0.3, -0.25) is 10.1 Å². The summed E-state index contributed by atoms with van der Waals surface area (Å²) in [5.74, 6) is 0.393. The molecule has 0 spiro atoms. The second kappa shape index (κ2) is 5.37. The fourth-order valence-electron chi connectivity index (χ4n) is 1.98. The fourth-order valence-corrected chi connectivity index (χ4v) is 3.65. The van der Waals surface area contributed by atoms with Gasteiger partial charge in [0.15, 0.2) is 0 Å². The predicted molar refractivity (Wildman–Crippen MR) is 74.7 cm³/mol. The van der Waals surface area contributed by atoms with E-state index in [-0.39, 0.29) is 16.3 Å². The van der Waals surface area contributed by atoms with Gasteiger partial charge in [-0.15, -0.1) is 0 Å². The molecule has 2 N–H and O–H groups in total. The van der Waals surface area contributed by atoms with E-state index < -0.39 is 14.9 Å². The van der Waals surface area contributed by atoms with Crippen LogP contribution in [0.1, 0.15) is 19.8 Å². The van der Waals surface area contributed by atoms with E-state index in [0.717, 1.165) is 18.9 Å². The Hall–Kier alpha value is -1.67. The summed E-state index contributed by atoms with van der Waals surface area (Å²) in [5.41, 5.74) is 5.44. The van der Waals surface area contributed by atoms with Gasteiger partial charge in [-0.2, -0.15) is 4.31 Å². The molecule has 0 atom stereocenters. The maximum atomic E-state index is 12.5. The Morgan fingerprint density at radius 1 is 1.45 bits per heavy atom. The van der Waals surface area contributed by atoms with Crippen molar-refractivity contribution in [3.05, 3.63) is 28.3 Å². The zero-order valence-corrected chi connectivity index (χ0v) is 12.0. The molecule has 0 aliphatic heterocycles. The summed E-state index contributed by atoms with van der Waals surface area (Å²) in [5, 5.41) is 10.8. The van der Waals surface area contributed by atoms with E-state index >= 15 is 0 Å². The van der Waals surface area contributed by atoms with Gasteiger partial charge in [0, 0.05) is 25.2 Å². The smallest absolute Gasteiger partial charge is 0.270 e. The SMILES string of the molecule is CCN(CC1CC1)S(=O)(=O)c1cc([N+](=O)[O-])ccc1N. The molecule has 0 aromatic heterocycles. The summed E-state index contributed by atoms with van der Waals surface area (Å²) in [6.07, 6.45) is 2.05. The molecule has 20 heavy (non-hydrogen) atoms. The van der Waals surface area contributed by atoms with Crippen LogP contribution in [0.15, 0.2) is 23.1 Å². The van der Waals surface area contributed by atoms with E-state index in [4.69, 9.17) is 5.73 Å². The quantitative estimate of drug-likeness (QED) is 0.488. The summed E-state index contributed by atoms with van der Waals surface area (Å²) in [6.45, 7) is 2.51. The third-order valence-corrected chi connectivity index (χ3v) is 5.33. The number of nitrogen functional groups attached to an aromatic ring is 1. The molecule has 2 rings (SSSR count). The highest BCUT2D eigenvalue weighted by Gasteiger charge is 2.32. The van der Waals surface area contributed by atoms with Gasteiger partial charge < -0.3 is 5.73 Å². The van der Waals surface area contributed by atoms with Crippen molar-refractivity contribution in [2.75, 3.05) is 18.8 Å². The highest BCUT2D eigenvalue weighted by Crippen LogP contribution is 2.33. The predicted octanol–water partition coefficient (Wildman–Crippen LogP) is 1.60. The Labute approximate surface area is 117 Å². The summed E-state index contributed by atoms with van der Waals surface area (Å²) in [4.78, 5) is 9.96. The molecule has 0 heterocycles. The normalized spacial score (nSPS) is 15.5. The van der Waals surface area contributed by atoms with Crippen molar-refractivity contribution in [1.29, 1.82) is 0 Å². The van der Waals surface area contributed by atoms with Crippen LogP contribution in [0.2, 0.25) is 0 Å². The monoisotopic (exact) mass is 299 g/mol. The van der Waals surface area contributed by atoms with Gasteiger partial charge in [-0.1, -0.05) is 6.92 Å². The van der Waals surface area contributed by atoms with Crippen molar-refractivity contribution in [3.63, 3.8) is 0 Å². The van der Waals surface area contributed by atoms with E-state index in [0.29, 0.717) is 19.0 Å². The zero-order valence-electron chi connectivity index (χ0n) is 11.2. The van der Waals surface area contributed by atoms with Crippen LogP contribution in [0.25, 0.3) is 0 Å². The molecule has 0 unspecified atom stereocenters. The second-order valence-corrected chi connectivity index (χ2v) is 6.78. The summed E-state index contributed by atoms with van der Waals surface area (Å²) < 4.78 is 26.4. The lowest BCUT2D eigenvalue weighted by molar-refractivity contribution is -0.385. The average molecular weight is 299 g/mol. The third kappa shape index (κ3) is 2.91. The molecule has 0 amide bonds. The van der Waals surface area contributed by atoms with E-state index in [1.165, 1.54) is 16.4 Å². The van der Waals surface area contributed by atoms with Crippen molar-refractivity contribution in [1.82, 2.24) is 4.31 Å². The molecule has 0 bridgehead atoms. The molecule has 1 aliphatic rings. The molecule has 0 radical (unpaired) electrons. The van der Waals surface area contributed by atoms with Gasteiger partial charge in [0.1, 0.15) is 4.90 Å². The molecule has 1 aromatic rings. The molecular weight excluding hydrogens is 282 g/mol. The Balaban J connectivity index is 2.40. The number of non-ortho nitro benzene ring substituents is 1. The molecule has 8 heteroatoms. The van der Waals surface area contributed by atoms with Gasteiger partial charge in [-0.25, -0.2) is 8.42 Å². The Kier molecular flexibility index (Phi) is 3.96. The first-order valence-electron chi connectivity index (χ1n) is 6.40. The molecule has 1 saturated carbocycles. The maximum Gasteiger partial charge on any atom is 0.270 e. The van der Waals surface area contributed by atoms with Crippen LogP contribution in [-0.4, -0.2) is 30.7 Å². The number of hydrogen-bond donors (Lipinski definition) is 1. The van der Waals surface area contributed by atoms with Gasteiger partial charge in [0.05, 0.1) is 10.6 Å². The Morgan fingerprint density at radius 2 is 2.10 bits per heavy atom. The number of rotatable bonds is 6. The number of nitro benzene ring substituents is 1. The molecule has 110 valence electrons. The van der Waals surface area contributed by atoms with E-state index in [9.17, 15) is 18.5 Å². The fraction of sp³-hybridized carbons (Fsp3) is 0.500. The van der Waals surface area contributed by atoms with Gasteiger partial charge in [-0.05, 0) is 24.8 Å².